The van der Waals surface area contributed by atoms with Gasteiger partial charge in [0.15, 0.2) is 6.10 Å². The van der Waals surface area contributed by atoms with Crippen molar-refractivity contribution >= 4 is 28.5 Å². The van der Waals surface area contributed by atoms with Crippen molar-refractivity contribution in [2.75, 3.05) is 5.32 Å². The zero-order chi connectivity index (χ0) is 18.5. The van der Waals surface area contributed by atoms with Crippen LogP contribution in [0.3, 0.4) is 0 Å². The average molecular weight is 345 g/mol. The number of benzene rings is 2. The van der Waals surface area contributed by atoms with Gasteiger partial charge >= 0.3 is 5.97 Å². The summed E-state index contributed by atoms with van der Waals surface area (Å²) in [6.45, 7) is 1.48. The van der Waals surface area contributed by atoms with E-state index in [9.17, 15) is 9.59 Å². The molecule has 0 aliphatic carbocycles. The van der Waals surface area contributed by atoms with Gasteiger partial charge in [0.1, 0.15) is 5.69 Å². The molecule has 0 saturated carbocycles. The summed E-state index contributed by atoms with van der Waals surface area (Å²) in [6.07, 6.45) is -0.994. The maximum atomic E-state index is 12.2. The van der Waals surface area contributed by atoms with Crippen LogP contribution in [-0.2, 0) is 9.53 Å². The molecule has 1 heterocycles. The van der Waals surface area contributed by atoms with Crippen LogP contribution in [0.1, 0.15) is 23.0 Å². The fourth-order valence-electron chi connectivity index (χ4n) is 2.33. The molecule has 0 radical (unpaired) electrons. The van der Waals surface area contributed by atoms with Gasteiger partial charge in [-0.15, -0.1) is 0 Å². The van der Waals surface area contributed by atoms with Gasteiger partial charge in [-0.25, -0.2) is 9.78 Å². The maximum absolute atomic E-state index is 12.2. The molecule has 6 heteroatoms. The predicted molar refractivity (Wildman–Crippen MR) is 96.4 cm³/mol. The van der Waals surface area contributed by atoms with Gasteiger partial charge in [0, 0.05) is 11.1 Å². The Kier molecular flexibility index (Phi) is 4.90. The monoisotopic (exact) mass is 345 g/mol. The quantitative estimate of drug-likeness (QED) is 0.733. The molecule has 6 nitrogen and oxygen atoms in total. The molecule has 0 bridgehead atoms. The van der Waals surface area contributed by atoms with Gasteiger partial charge < -0.3 is 10.1 Å². The molecule has 1 atom stereocenters. The minimum atomic E-state index is -0.994. The Hall–Kier alpha value is -3.72. The number of hydrogen-bond donors (Lipinski definition) is 1. The Morgan fingerprint density at radius 1 is 1.08 bits per heavy atom. The second kappa shape index (κ2) is 7.45. The van der Waals surface area contributed by atoms with E-state index in [-0.39, 0.29) is 5.69 Å². The Balaban J connectivity index is 1.65. The van der Waals surface area contributed by atoms with E-state index < -0.39 is 18.0 Å². The van der Waals surface area contributed by atoms with Crippen molar-refractivity contribution in [3.8, 4) is 6.07 Å². The summed E-state index contributed by atoms with van der Waals surface area (Å²) >= 11 is 0. The van der Waals surface area contributed by atoms with Crippen molar-refractivity contribution < 1.29 is 14.3 Å². The molecule has 0 saturated heterocycles. The highest BCUT2D eigenvalue weighted by molar-refractivity contribution is 5.97. The summed E-state index contributed by atoms with van der Waals surface area (Å²) in [7, 11) is 0. The molecular weight excluding hydrogens is 330 g/mol. The Morgan fingerprint density at radius 2 is 1.81 bits per heavy atom. The zero-order valence-corrected chi connectivity index (χ0v) is 14.0. The topological polar surface area (TPSA) is 92.1 Å². The minimum Gasteiger partial charge on any atom is -0.448 e. The summed E-state index contributed by atoms with van der Waals surface area (Å²) in [5.41, 5.74) is 1.82. The van der Waals surface area contributed by atoms with Crippen LogP contribution in [0.5, 0.6) is 0 Å². The standard InChI is InChI=1S/C20H15N3O3/c1-13(19(24)22-16-9-6-14(12-21)7-10-16)26-20(25)18-11-8-15-4-2-3-5-17(15)23-18/h2-11,13H,1H3,(H,22,24)/t13-/m1/s1. The lowest BCUT2D eigenvalue weighted by Gasteiger charge is -2.13. The first kappa shape index (κ1) is 17.1. The molecule has 26 heavy (non-hydrogen) atoms. The van der Waals surface area contributed by atoms with E-state index in [2.05, 4.69) is 10.3 Å². The molecule has 1 amide bonds. The van der Waals surface area contributed by atoms with Gasteiger partial charge in [-0.3, -0.25) is 4.79 Å². The lowest BCUT2D eigenvalue weighted by atomic mass is 10.2. The van der Waals surface area contributed by atoms with Crippen molar-refractivity contribution in [3.05, 3.63) is 71.9 Å². The molecular formula is C20H15N3O3. The molecule has 0 spiro atoms. The number of hydrogen-bond acceptors (Lipinski definition) is 5. The average Bonchev–Trinajstić information content (AvgIpc) is 2.68. The molecule has 0 fully saturated rings. The third-order valence-electron chi connectivity index (χ3n) is 3.74. The Morgan fingerprint density at radius 3 is 2.54 bits per heavy atom. The first-order chi connectivity index (χ1) is 12.6. The normalized spacial score (nSPS) is 11.4. The Bertz CT molecular complexity index is 1010. The van der Waals surface area contributed by atoms with Gasteiger partial charge in [-0.1, -0.05) is 24.3 Å². The number of nitrogens with one attached hydrogen (secondary N) is 1. The number of nitriles is 1. The first-order valence-electron chi connectivity index (χ1n) is 7.94. The number of para-hydroxylation sites is 1. The molecule has 3 rings (SSSR count). The largest absolute Gasteiger partial charge is 0.448 e. The number of rotatable bonds is 4. The summed E-state index contributed by atoms with van der Waals surface area (Å²) in [4.78, 5) is 28.7. The van der Waals surface area contributed by atoms with E-state index in [0.29, 0.717) is 16.8 Å². The summed E-state index contributed by atoms with van der Waals surface area (Å²) in [5, 5.41) is 12.3. The molecule has 3 aromatic rings. The highest BCUT2D eigenvalue weighted by Crippen LogP contribution is 2.14. The predicted octanol–water partition coefficient (Wildman–Crippen LogP) is 3.29. The number of fused-ring (bicyclic) bond motifs is 1. The summed E-state index contributed by atoms with van der Waals surface area (Å²) < 4.78 is 5.20. The van der Waals surface area contributed by atoms with E-state index in [0.717, 1.165) is 5.39 Å². The van der Waals surface area contributed by atoms with Crippen molar-refractivity contribution in [3.63, 3.8) is 0 Å². The molecule has 128 valence electrons. The van der Waals surface area contributed by atoms with Crippen LogP contribution in [0.15, 0.2) is 60.7 Å². The van der Waals surface area contributed by atoms with Crippen molar-refractivity contribution in [2.24, 2.45) is 0 Å². The lowest BCUT2D eigenvalue weighted by Crippen LogP contribution is -2.30. The number of esters is 1. The number of pyridine rings is 1. The maximum Gasteiger partial charge on any atom is 0.357 e. The number of carbonyl (C=O) groups excluding carboxylic acids is 2. The van der Waals surface area contributed by atoms with Gasteiger partial charge in [-0.05, 0) is 43.3 Å². The van der Waals surface area contributed by atoms with Gasteiger partial charge in [0.2, 0.25) is 0 Å². The van der Waals surface area contributed by atoms with Crippen LogP contribution >= 0.6 is 0 Å². The van der Waals surface area contributed by atoms with E-state index >= 15 is 0 Å². The van der Waals surface area contributed by atoms with E-state index in [1.165, 1.54) is 6.92 Å². The van der Waals surface area contributed by atoms with Gasteiger partial charge in [-0.2, -0.15) is 5.26 Å². The Labute approximate surface area is 150 Å². The first-order valence-corrected chi connectivity index (χ1v) is 7.94. The number of anilines is 1. The molecule has 1 aromatic heterocycles. The SMILES string of the molecule is C[C@@H](OC(=O)c1ccc2ccccc2n1)C(=O)Nc1ccc(C#N)cc1. The summed E-state index contributed by atoms with van der Waals surface area (Å²) in [5.74, 6) is -1.14. The van der Waals surface area contributed by atoms with Crippen LogP contribution in [0.2, 0.25) is 0 Å². The lowest BCUT2D eigenvalue weighted by molar-refractivity contribution is -0.123. The molecule has 0 unspecified atom stereocenters. The van der Waals surface area contributed by atoms with Crippen molar-refractivity contribution in [2.45, 2.75) is 13.0 Å². The fourth-order valence-corrected chi connectivity index (χ4v) is 2.33. The number of amides is 1. The van der Waals surface area contributed by atoms with Gasteiger partial charge in [0.25, 0.3) is 5.91 Å². The second-order valence-electron chi connectivity index (χ2n) is 5.62. The van der Waals surface area contributed by atoms with E-state index in [1.807, 2.05) is 24.3 Å². The second-order valence-corrected chi connectivity index (χ2v) is 5.62. The minimum absolute atomic E-state index is 0.140. The third-order valence-corrected chi connectivity index (χ3v) is 3.74. The van der Waals surface area contributed by atoms with Crippen LogP contribution in [0.4, 0.5) is 5.69 Å². The zero-order valence-electron chi connectivity index (χ0n) is 14.0. The van der Waals surface area contributed by atoms with Crippen LogP contribution in [0.25, 0.3) is 10.9 Å². The van der Waals surface area contributed by atoms with Crippen LogP contribution in [-0.4, -0.2) is 23.0 Å². The van der Waals surface area contributed by atoms with Crippen molar-refractivity contribution in [1.29, 1.82) is 5.26 Å². The van der Waals surface area contributed by atoms with Crippen LogP contribution in [0, 0.1) is 11.3 Å². The van der Waals surface area contributed by atoms with Gasteiger partial charge in [0.05, 0.1) is 17.1 Å². The molecule has 2 aromatic carbocycles. The highest BCUT2D eigenvalue weighted by atomic mass is 16.5. The van der Waals surface area contributed by atoms with Crippen LogP contribution < -0.4 is 5.32 Å². The molecule has 1 N–H and O–H groups in total. The number of aromatic nitrogens is 1. The van der Waals surface area contributed by atoms with E-state index in [4.69, 9.17) is 10.00 Å². The highest BCUT2D eigenvalue weighted by Gasteiger charge is 2.20. The summed E-state index contributed by atoms with van der Waals surface area (Å²) in [6, 6.07) is 19.1. The molecule has 0 aliphatic rings. The third kappa shape index (κ3) is 3.84. The van der Waals surface area contributed by atoms with E-state index in [1.54, 1.807) is 42.5 Å². The smallest absolute Gasteiger partial charge is 0.357 e. The fraction of sp³-hybridized carbons (Fsp3) is 0.100. The number of carbonyl (C=O) groups is 2. The number of nitrogens with zero attached hydrogens (tertiary/aromatic N) is 2. The molecule has 0 aliphatic heterocycles. The van der Waals surface area contributed by atoms with Crippen molar-refractivity contribution in [1.82, 2.24) is 4.98 Å². The number of ether oxygens (including phenoxy) is 1.